The van der Waals surface area contributed by atoms with Gasteiger partial charge in [0.15, 0.2) is 0 Å². The predicted molar refractivity (Wildman–Crippen MR) is 69.0 cm³/mol. The van der Waals surface area contributed by atoms with Crippen LogP contribution < -0.4 is 5.14 Å². The fourth-order valence-electron chi connectivity index (χ4n) is 1.74. The minimum Gasteiger partial charge on any atom is -0.268 e. The second kappa shape index (κ2) is 5.05. The quantitative estimate of drug-likeness (QED) is 0.836. The molecule has 0 saturated carbocycles. The minimum atomic E-state index is -0.905. The molecule has 2 aromatic rings. The molecule has 16 heavy (non-hydrogen) atoms. The van der Waals surface area contributed by atoms with Crippen molar-refractivity contribution < 1.29 is 0 Å². The number of hydrogen-bond acceptors (Lipinski definition) is 1. The van der Waals surface area contributed by atoms with Crippen LogP contribution in [0.1, 0.15) is 16.4 Å². The molecule has 0 spiro atoms. The molecule has 3 N–H and O–H groups in total. The summed E-state index contributed by atoms with van der Waals surface area (Å²) in [6, 6.07) is 20.0. The van der Waals surface area contributed by atoms with E-state index in [1.54, 1.807) is 0 Å². The Kier molecular flexibility index (Phi) is 3.49. The van der Waals surface area contributed by atoms with Gasteiger partial charge in [0.25, 0.3) is 0 Å². The lowest BCUT2D eigenvalue weighted by atomic mass is 10.0. The van der Waals surface area contributed by atoms with Gasteiger partial charge in [0.05, 0.1) is 5.25 Å². The molecule has 0 heterocycles. The Balaban J connectivity index is 2.44. The molecule has 1 unspecified atom stereocenters. The van der Waals surface area contributed by atoms with E-state index < -0.39 is 10.9 Å². The van der Waals surface area contributed by atoms with E-state index in [1.807, 2.05) is 60.7 Å². The number of benzene rings is 2. The number of nitrogens with one attached hydrogen (secondary N) is 1. The van der Waals surface area contributed by atoms with Crippen LogP contribution in [0.15, 0.2) is 60.7 Å². The van der Waals surface area contributed by atoms with Crippen LogP contribution in [-0.4, -0.2) is 0 Å². The van der Waals surface area contributed by atoms with Gasteiger partial charge in [-0.3, -0.25) is 9.92 Å². The summed E-state index contributed by atoms with van der Waals surface area (Å²) >= 11 is 0. The highest BCUT2D eigenvalue weighted by molar-refractivity contribution is 7.84. The van der Waals surface area contributed by atoms with Crippen molar-refractivity contribution in [3.8, 4) is 0 Å². The van der Waals surface area contributed by atoms with Gasteiger partial charge in [0.1, 0.15) is 0 Å². The molecule has 0 bridgehead atoms. The first-order chi connectivity index (χ1) is 7.79. The Bertz CT molecular complexity index is 428. The predicted octanol–water partition coefficient (Wildman–Crippen LogP) is 3.03. The Morgan fingerprint density at radius 3 is 1.50 bits per heavy atom. The summed E-state index contributed by atoms with van der Waals surface area (Å²) in [6.45, 7) is 0. The molecule has 0 aliphatic carbocycles. The van der Waals surface area contributed by atoms with Gasteiger partial charge in [-0.15, -0.1) is 0 Å². The average molecular weight is 230 g/mol. The van der Waals surface area contributed by atoms with Crippen molar-refractivity contribution in [2.45, 2.75) is 5.25 Å². The maximum Gasteiger partial charge on any atom is 0.0787 e. The molecule has 0 fully saturated rings. The largest absolute Gasteiger partial charge is 0.268 e. The van der Waals surface area contributed by atoms with E-state index in [0.29, 0.717) is 0 Å². The second-order valence-corrected chi connectivity index (χ2v) is 4.79. The molecule has 2 rings (SSSR count). The van der Waals surface area contributed by atoms with Crippen LogP contribution >= 0.6 is 0 Å². The SMILES string of the molecule is N=S(N)C(c1ccccc1)c1ccccc1. The summed E-state index contributed by atoms with van der Waals surface area (Å²) in [5.41, 5.74) is 2.21. The standard InChI is InChI=1S/C13H14N2S/c14-16(15)13(11-7-3-1-4-8-11)12-9-5-2-6-10-12/h1-10,13H,(H3,14,15). The maximum atomic E-state index is 7.82. The third kappa shape index (κ3) is 2.38. The first-order valence-electron chi connectivity index (χ1n) is 5.07. The molecular weight excluding hydrogens is 216 g/mol. The van der Waals surface area contributed by atoms with E-state index in [4.69, 9.17) is 9.92 Å². The van der Waals surface area contributed by atoms with Gasteiger partial charge in [0, 0.05) is 0 Å². The van der Waals surface area contributed by atoms with Crippen molar-refractivity contribution in [1.29, 1.82) is 4.78 Å². The Labute approximate surface area is 98.1 Å². The van der Waals surface area contributed by atoms with Crippen LogP contribution in [-0.2, 0) is 10.9 Å². The zero-order valence-electron chi connectivity index (χ0n) is 8.84. The smallest absolute Gasteiger partial charge is 0.0787 e. The first kappa shape index (κ1) is 11.0. The highest BCUT2D eigenvalue weighted by Gasteiger charge is 2.15. The molecule has 0 amide bonds. The molecule has 0 aliphatic heterocycles. The third-order valence-corrected chi connectivity index (χ3v) is 3.51. The summed E-state index contributed by atoms with van der Waals surface area (Å²) in [5.74, 6) is 0. The van der Waals surface area contributed by atoms with Gasteiger partial charge in [-0.05, 0) is 22.0 Å². The van der Waals surface area contributed by atoms with Gasteiger partial charge in [-0.2, -0.15) is 0 Å². The zero-order valence-corrected chi connectivity index (χ0v) is 9.65. The number of hydrogen-bond donors (Lipinski definition) is 2. The van der Waals surface area contributed by atoms with Gasteiger partial charge >= 0.3 is 0 Å². The van der Waals surface area contributed by atoms with E-state index >= 15 is 0 Å². The molecule has 82 valence electrons. The maximum absolute atomic E-state index is 7.82. The highest BCUT2D eigenvalue weighted by atomic mass is 32.2. The van der Waals surface area contributed by atoms with Crippen molar-refractivity contribution in [2.24, 2.45) is 5.14 Å². The molecule has 0 aromatic heterocycles. The Morgan fingerprint density at radius 1 is 0.812 bits per heavy atom. The molecule has 0 saturated heterocycles. The molecule has 0 aliphatic rings. The van der Waals surface area contributed by atoms with Crippen molar-refractivity contribution in [3.63, 3.8) is 0 Å². The summed E-state index contributed by atoms with van der Waals surface area (Å²) in [4.78, 5) is 0. The molecular formula is C13H14N2S. The Morgan fingerprint density at radius 2 is 1.19 bits per heavy atom. The Hall–Kier alpha value is -1.45. The van der Waals surface area contributed by atoms with Gasteiger partial charge in [0.2, 0.25) is 0 Å². The van der Waals surface area contributed by atoms with Crippen LogP contribution in [0.4, 0.5) is 0 Å². The van der Waals surface area contributed by atoms with Crippen molar-refractivity contribution >= 4 is 10.9 Å². The molecule has 1 atom stereocenters. The molecule has 2 aromatic carbocycles. The number of nitrogens with two attached hydrogens (primary N) is 1. The molecule has 0 radical (unpaired) electrons. The summed E-state index contributed by atoms with van der Waals surface area (Å²) in [7, 11) is -0.905. The fourth-order valence-corrected chi connectivity index (χ4v) is 2.64. The summed E-state index contributed by atoms with van der Waals surface area (Å²) < 4.78 is 7.82. The molecule has 2 nitrogen and oxygen atoms in total. The van der Waals surface area contributed by atoms with E-state index in [2.05, 4.69) is 0 Å². The topological polar surface area (TPSA) is 49.9 Å². The van der Waals surface area contributed by atoms with Crippen LogP contribution in [0, 0.1) is 4.78 Å². The lowest BCUT2D eigenvalue weighted by molar-refractivity contribution is 1.14. The first-order valence-corrected chi connectivity index (χ1v) is 6.43. The number of rotatable bonds is 3. The second-order valence-electron chi connectivity index (χ2n) is 3.57. The van der Waals surface area contributed by atoms with Crippen LogP contribution in [0.25, 0.3) is 0 Å². The summed E-state index contributed by atoms with van der Waals surface area (Å²) in [5, 5.41) is 5.77. The summed E-state index contributed by atoms with van der Waals surface area (Å²) in [6.07, 6.45) is 0. The highest BCUT2D eigenvalue weighted by Crippen LogP contribution is 2.26. The minimum absolute atomic E-state index is 0.0256. The normalized spacial score (nSPS) is 12.6. The van der Waals surface area contributed by atoms with E-state index in [9.17, 15) is 0 Å². The van der Waals surface area contributed by atoms with Crippen LogP contribution in [0.5, 0.6) is 0 Å². The molecule has 3 heteroatoms. The van der Waals surface area contributed by atoms with Crippen molar-refractivity contribution in [2.75, 3.05) is 0 Å². The lowest BCUT2D eigenvalue weighted by Gasteiger charge is -2.16. The monoisotopic (exact) mass is 230 g/mol. The van der Waals surface area contributed by atoms with Crippen molar-refractivity contribution in [3.05, 3.63) is 71.8 Å². The van der Waals surface area contributed by atoms with E-state index in [-0.39, 0.29) is 5.25 Å². The lowest BCUT2D eigenvalue weighted by Crippen LogP contribution is -2.14. The van der Waals surface area contributed by atoms with Crippen LogP contribution in [0.3, 0.4) is 0 Å². The average Bonchev–Trinajstić information content (AvgIpc) is 2.31. The zero-order chi connectivity index (χ0) is 11.4. The van der Waals surface area contributed by atoms with Gasteiger partial charge in [-0.25, -0.2) is 0 Å². The van der Waals surface area contributed by atoms with E-state index in [0.717, 1.165) is 11.1 Å². The van der Waals surface area contributed by atoms with Crippen LogP contribution in [0.2, 0.25) is 0 Å². The van der Waals surface area contributed by atoms with Gasteiger partial charge < -0.3 is 0 Å². The van der Waals surface area contributed by atoms with E-state index in [1.165, 1.54) is 0 Å². The van der Waals surface area contributed by atoms with Crippen molar-refractivity contribution in [1.82, 2.24) is 0 Å². The van der Waals surface area contributed by atoms with Gasteiger partial charge in [-0.1, -0.05) is 60.7 Å². The third-order valence-electron chi connectivity index (χ3n) is 2.46. The fraction of sp³-hybridized carbons (Fsp3) is 0.0769.